The number of aromatic nitrogens is 1. The van der Waals surface area contributed by atoms with Gasteiger partial charge >= 0.3 is 5.97 Å². The van der Waals surface area contributed by atoms with Crippen molar-refractivity contribution in [3.63, 3.8) is 0 Å². The Kier molecular flexibility index (Phi) is 5.05. The van der Waals surface area contributed by atoms with Gasteiger partial charge in [-0.25, -0.2) is 13.4 Å². The van der Waals surface area contributed by atoms with Gasteiger partial charge in [-0.1, -0.05) is 20.8 Å². The Morgan fingerprint density at radius 1 is 1.22 bits per heavy atom. The van der Waals surface area contributed by atoms with E-state index in [1.54, 1.807) is 12.1 Å². The standard InChI is InChI=1S/C23H28N2O5S2/c1-12-16-9-10-23(3)11-17-19(13(2)18(23)20(16)30-21(12)26)24-22(31-17)25-32(27,28)15-7-5-14(29-4)6-8-15/h5-8,12-13,16,18,20H,9-11H2,1-4H3,(H,24,25)/t12-,13+,16-,18+,20+,23+/m0/s1. The number of methoxy groups -OCH3 is 1. The van der Waals surface area contributed by atoms with Gasteiger partial charge in [0.05, 0.1) is 23.6 Å². The molecule has 2 heterocycles. The SMILES string of the molecule is COc1ccc(S(=O)(=O)Nc2nc3c(s2)C[C@@]2(C)CC[C@@H]4[C@@H](OC(=O)[C@H]4C)[C@H]2[C@H]3C)cc1. The predicted molar refractivity (Wildman–Crippen MR) is 121 cm³/mol. The Bertz CT molecular complexity index is 1160. The molecular formula is C23H28N2O5S2. The number of fused-ring (bicyclic) bond motifs is 4. The Hall–Kier alpha value is -2.13. The van der Waals surface area contributed by atoms with E-state index < -0.39 is 10.0 Å². The molecule has 0 bridgehead atoms. The Balaban J connectivity index is 1.43. The van der Waals surface area contributed by atoms with Crippen LogP contribution in [0.5, 0.6) is 5.75 Å². The van der Waals surface area contributed by atoms with Crippen molar-refractivity contribution in [1.29, 1.82) is 0 Å². The lowest BCUT2D eigenvalue weighted by Gasteiger charge is -2.51. The van der Waals surface area contributed by atoms with Crippen molar-refractivity contribution in [2.24, 2.45) is 23.2 Å². The van der Waals surface area contributed by atoms with Gasteiger partial charge in [-0.2, -0.15) is 0 Å². The van der Waals surface area contributed by atoms with E-state index in [1.807, 2.05) is 6.92 Å². The molecule has 1 N–H and O–H groups in total. The maximum absolute atomic E-state index is 12.9. The first-order valence-electron chi connectivity index (χ1n) is 11.0. The highest BCUT2D eigenvalue weighted by Crippen LogP contribution is 2.59. The van der Waals surface area contributed by atoms with Gasteiger partial charge < -0.3 is 9.47 Å². The monoisotopic (exact) mass is 476 g/mol. The number of esters is 1. The average molecular weight is 477 g/mol. The number of anilines is 1. The first-order valence-corrected chi connectivity index (χ1v) is 13.3. The summed E-state index contributed by atoms with van der Waals surface area (Å²) in [5.41, 5.74) is 0.942. The number of nitrogens with one attached hydrogen (secondary N) is 1. The molecule has 1 saturated carbocycles. The Morgan fingerprint density at radius 3 is 2.62 bits per heavy atom. The number of hydrogen-bond donors (Lipinski definition) is 1. The van der Waals surface area contributed by atoms with Crippen molar-refractivity contribution < 1.29 is 22.7 Å². The van der Waals surface area contributed by atoms with Crippen molar-refractivity contribution in [1.82, 2.24) is 4.98 Å². The van der Waals surface area contributed by atoms with E-state index in [0.717, 1.165) is 29.8 Å². The molecule has 1 aliphatic heterocycles. The molecule has 0 spiro atoms. The molecule has 172 valence electrons. The minimum Gasteiger partial charge on any atom is -0.497 e. The molecule has 7 nitrogen and oxygen atoms in total. The minimum absolute atomic E-state index is 0.0105. The van der Waals surface area contributed by atoms with E-state index in [4.69, 9.17) is 14.5 Å². The number of carbonyl (C=O) groups is 1. The molecule has 3 aliphatic rings. The van der Waals surface area contributed by atoms with Crippen LogP contribution in [0.2, 0.25) is 0 Å². The summed E-state index contributed by atoms with van der Waals surface area (Å²) < 4.78 is 39.4. The third-order valence-electron chi connectivity index (χ3n) is 7.75. The Morgan fingerprint density at radius 2 is 1.94 bits per heavy atom. The van der Waals surface area contributed by atoms with Crippen molar-refractivity contribution >= 4 is 32.5 Å². The average Bonchev–Trinajstić information content (AvgIpc) is 3.26. The topological polar surface area (TPSA) is 94.6 Å². The number of ether oxygens (including phenoxy) is 2. The zero-order valence-corrected chi connectivity index (χ0v) is 20.3. The summed E-state index contributed by atoms with van der Waals surface area (Å²) in [6, 6.07) is 6.27. The zero-order chi connectivity index (χ0) is 22.8. The quantitative estimate of drug-likeness (QED) is 0.665. The molecule has 0 amide bonds. The summed E-state index contributed by atoms with van der Waals surface area (Å²) in [6.45, 7) is 6.40. The summed E-state index contributed by atoms with van der Waals surface area (Å²) in [7, 11) is -2.21. The van der Waals surface area contributed by atoms with Crippen LogP contribution < -0.4 is 9.46 Å². The van der Waals surface area contributed by atoms with Crippen LogP contribution in [0, 0.1) is 23.2 Å². The van der Waals surface area contributed by atoms with Crippen molar-refractivity contribution in [2.45, 2.75) is 57.0 Å². The lowest BCUT2D eigenvalue weighted by Crippen LogP contribution is -2.50. The van der Waals surface area contributed by atoms with Crippen LogP contribution in [0.25, 0.3) is 0 Å². The smallest absolute Gasteiger partial charge is 0.309 e. The number of benzene rings is 1. The molecule has 5 rings (SSSR count). The van der Waals surface area contributed by atoms with Crippen molar-refractivity contribution in [3.05, 3.63) is 34.8 Å². The Labute approximate surface area is 192 Å². The van der Waals surface area contributed by atoms with Gasteiger partial charge in [-0.15, -0.1) is 11.3 Å². The van der Waals surface area contributed by atoms with Crippen LogP contribution in [-0.2, 0) is 26.0 Å². The van der Waals surface area contributed by atoms with E-state index in [1.165, 1.54) is 30.6 Å². The third-order valence-corrected chi connectivity index (χ3v) is 10.2. The lowest BCUT2D eigenvalue weighted by molar-refractivity contribution is -0.149. The second kappa shape index (κ2) is 7.45. The van der Waals surface area contributed by atoms with Crippen LogP contribution >= 0.6 is 11.3 Å². The number of carbonyl (C=O) groups excluding carboxylic acids is 1. The van der Waals surface area contributed by atoms with Crippen LogP contribution in [0.3, 0.4) is 0 Å². The number of sulfonamides is 1. The fourth-order valence-electron chi connectivity index (χ4n) is 6.05. The molecule has 2 aliphatic carbocycles. The minimum atomic E-state index is -3.75. The van der Waals surface area contributed by atoms with Gasteiger partial charge in [0.15, 0.2) is 5.13 Å². The maximum Gasteiger partial charge on any atom is 0.309 e. The third kappa shape index (κ3) is 3.32. The number of thiazole rings is 1. The van der Waals surface area contributed by atoms with E-state index in [-0.39, 0.29) is 46.1 Å². The fraction of sp³-hybridized carbons (Fsp3) is 0.565. The van der Waals surface area contributed by atoms with E-state index in [9.17, 15) is 13.2 Å². The van der Waals surface area contributed by atoms with Crippen LogP contribution in [0.15, 0.2) is 29.2 Å². The molecule has 0 unspecified atom stereocenters. The van der Waals surface area contributed by atoms with Gasteiger partial charge in [0.2, 0.25) is 0 Å². The molecule has 2 fully saturated rings. The van der Waals surface area contributed by atoms with Crippen LogP contribution in [-0.4, -0.2) is 32.6 Å². The van der Waals surface area contributed by atoms with Crippen LogP contribution in [0.4, 0.5) is 5.13 Å². The van der Waals surface area contributed by atoms with Gasteiger partial charge in [0, 0.05) is 22.6 Å². The van der Waals surface area contributed by atoms with Crippen LogP contribution in [0.1, 0.15) is 50.1 Å². The largest absolute Gasteiger partial charge is 0.497 e. The van der Waals surface area contributed by atoms with Crippen molar-refractivity contribution in [3.8, 4) is 5.75 Å². The van der Waals surface area contributed by atoms with E-state index in [0.29, 0.717) is 10.9 Å². The molecule has 32 heavy (non-hydrogen) atoms. The molecule has 2 aromatic rings. The summed E-state index contributed by atoms with van der Waals surface area (Å²) in [5, 5.41) is 0.383. The molecule has 1 aromatic heterocycles. The first kappa shape index (κ1) is 21.7. The van der Waals surface area contributed by atoms with E-state index in [2.05, 4.69) is 18.6 Å². The molecule has 1 saturated heterocycles. The highest BCUT2D eigenvalue weighted by atomic mass is 32.2. The number of hydrogen-bond acceptors (Lipinski definition) is 7. The van der Waals surface area contributed by atoms with E-state index >= 15 is 0 Å². The molecular weight excluding hydrogens is 448 g/mol. The number of nitrogens with zero attached hydrogens (tertiary/aromatic N) is 1. The van der Waals surface area contributed by atoms with Crippen molar-refractivity contribution in [2.75, 3.05) is 11.8 Å². The summed E-state index contributed by atoms with van der Waals surface area (Å²) in [4.78, 5) is 18.3. The highest BCUT2D eigenvalue weighted by Gasteiger charge is 2.58. The summed E-state index contributed by atoms with van der Waals surface area (Å²) in [6.07, 6.45) is 2.77. The van der Waals surface area contributed by atoms with Gasteiger partial charge in [0.25, 0.3) is 10.0 Å². The highest BCUT2D eigenvalue weighted by molar-refractivity contribution is 7.93. The fourth-order valence-corrected chi connectivity index (χ4v) is 8.55. The summed E-state index contributed by atoms with van der Waals surface area (Å²) in [5.74, 6) is 0.990. The predicted octanol–water partition coefficient (Wildman–Crippen LogP) is 4.21. The molecule has 1 aromatic carbocycles. The maximum atomic E-state index is 12.9. The van der Waals surface area contributed by atoms with Gasteiger partial charge in [-0.3, -0.25) is 9.52 Å². The number of rotatable bonds is 4. The first-order chi connectivity index (χ1) is 15.1. The zero-order valence-electron chi connectivity index (χ0n) is 18.6. The normalized spacial score (nSPS) is 33.6. The second-order valence-corrected chi connectivity index (χ2v) is 12.4. The molecule has 9 heteroatoms. The summed E-state index contributed by atoms with van der Waals surface area (Å²) >= 11 is 1.42. The lowest BCUT2D eigenvalue weighted by atomic mass is 9.54. The second-order valence-electron chi connectivity index (χ2n) is 9.65. The van der Waals surface area contributed by atoms with Gasteiger partial charge in [0.1, 0.15) is 11.9 Å². The molecule has 0 radical (unpaired) electrons. The van der Waals surface area contributed by atoms with Gasteiger partial charge in [-0.05, 0) is 48.9 Å². The molecule has 6 atom stereocenters.